The van der Waals surface area contributed by atoms with Crippen molar-refractivity contribution in [2.75, 3.05) is 0 Å². The van der Waals surface area contributed by atoms with E-state index < -0.39 is 6.36 Å². The SMILES string of the molecule is N=c1sc2cc(OC(F)(F)F)cc3c2n1CC(=O)N(Cc1ccccc1)C3. The van der Waals surface area contributed by atoms with Gasteiger partial charge in [-0.1, -0.05) is 41.7 Å². The van der Waals surface area contributed by atoms with Crippen LogP contribution in [0.2, 0.25) is 0 Å². The molecule has 0 unspecified atom stereocenters. The molecule has 27 heavy (non-hydrogen) atoms. The second-order valence-electron chi connectivity index (χ2n) is 6.21. The molecule has 2 aromatic carbocycles. The molecule has 0 radical (unpaired) electrons. The third kappa shape index (κ3) is 3.55. The molecule has 4 rings (SSSR count). The maximum absolute atomic E-state index is 12.7. The molecular formula is C18H14F3N3O2S. The quantitative estimate of drug-likeness (QED) is 0.739. The first-order valence-electron chi connectivity index (χ1n) is 8.08. The average Bonchev–Trinajstić information content (AvgIpc) is 2.81. The molecule has 0 bridgehead atoms. The van der Waals surface area contributed by atoms with E-state index in [1.54, 1.807) is 9.47 Å². The van der Waals surface area contributed by atoms with Gasteiger partial charge in [0, 0.05) is 18.7 Å². The summed E-state index contributed by atoms with van der Waals surface area (Å²) < 4.78 is 44.1. The van der Waals surface area contributed by atoms with Gasteiger partial charge >= 0.3 is 6.36 Å². The number of halogens is 3. The minimum absolute atomic E-state index is 0.0157. The van der Waals surface area contributed by atoms with Gasteiger partial charge in [0.25, 0.3) is 0 Å². The monoisotopic (exact) mass is 393 g/mol. The molecule has 0 saturated carbocycles. The fourth-order valence-electron chi connectivity index (χ4n) is 3.22. The Morgan fingerprint density at radius 1 is 1.15 bits per heavy atom. The van der Waals surface area contributed by atoms with Crippen LogP contribution in [-0.4, -0.2) is 21.7 Å². The summed E-state index contributed by atoms with van der Waals surface area (Å²) in [6, 6.07) is 11.9. The van der Waals surface area contributed by atoms with Crippen molar-refractivity contribution >= 4 is 27.5 Å². The van der Waals surface area contributed by atoms with Crippen LogP contribution >= 0.6 is 11.3 Å². The zero-order chi connectivity index (χ0) is 19.2. The van der Waals surface area contributed by atoms with Gasteiger partial charge in [-0.25, -0.2) is 0 Å². The maximum Gasteiger partial charge on any atom is 0.573 e. The number of carbonyl (C=O) groups excluding carboxylic acids is 1. The van der Waals surface area contributed by atoms with Gasteiger partial charge in [-0.15, -0.1) is 13.2 Å². The highest BCUT2D eigenvalue weighted by molar-refractivity contribution is 7.16. The molecule has 0 saturated heterocycles. The summed E-state index contributed by atoms with van der Waals surface area (Å²) in [4.78, 5) is 14.4. The zero-order valence-corrected chi connectivity index (χ0v) is 14.7. The fourth-order valence-corrected chi connectivity index (χ4v) is 4.21. The van der Waals surface area contributed by atoms with Gasteiger partial charge in [0.05, 0.1) is 10.2 Å². The molecule has 0 spiro atoms. The van der Waals surface area contributed by atoms with Crippen molar-refractivity contribution in [2.24, 2.45) is 0 Å². The lowest BCUT2D eigenvalue weighted by molar-refractivity contribution is -0.274. The van der Waals surface area contributed by atoms with E-state index in [-0.39, 0.29) is 29.5 Å². The lowest BCUT2D eigenvalue weighted by atomic mass is 10.1. The standard InChI is InChI=1S/C18H14F3N3O2S/c19-18(20,21)26-13-6-12-9-23(8-11-4-2-1-3-5-11)15(25)10-24-16(12)14(7-13)27-17(24)22/h1-7,22H,8-10H2. The summed E-state index contributed by atoms with van der Waals surface area (Å²) in [5.41, 5.74) is 2.07. The molecule has 0 fully saturated rings. The number of benzene rings is 2. The van der Waals surface area contributed by atoms with Gasteiger partial charge in [-0.3, -0.25) is 10.2 Å². The van der Waals surface area contributed by atoms with E-state index in [2.05, 4.69) is 4.74 Å². The van der Waals surface area contributed by atoms with Crippen LogP contribution < -0.4 is 9.54 Å². The number of thiazole rings is 1. The van der Waals surface area contributed by atoms with Gasteiger partial charge in [0.1, 0.15) is 12.3 Å². The topological polar surface area (TPSA) is 58.3 Å². The molecule has 0 atom stereocenters. The highest BCUT2D eigenvalue weighted by Crippen LogP contribution is 2.33. The normalized spacial score (nSPS) is 14.5. The Kier molecular flexibility index (Phi) is 4.18. The van der Waals surface area contributed by atoms with Crippen LogP contribution in [0.15, 0.2) is 42.5 Å². The molecule has 1 aromatic heterocycles. The number of hydrogen-bond acceptors (Lipinski definition) is 4. The van der Waals surface area contributed by atoms with Crippen molar-refractivity contribution in [1.29, 1.82) is 5.41 Å². The molecule has 1 amide bonds. The Hall–Kier alpha value is -2.81. The second kappa shape index (κ2) is 6.41. The number of rotatable bonds is 3. The maximum atomic E-state index is 12.7. The third-order valence-corrected chi connectivity index (χ3v) is 5.25. The van der Waals surface area contributed by atoms with Crippen LogP contribution in [0.5, 0.6) is 5.75 Å². The Bertz CT molecular complexity index is 1070. The largest absolute Gasteiger partial charge is 0.573 e. The van der Waals surface area contributed by atoms with E-state index in [9.17, 15) is 18.0 Å². The number of alkyl halides is 3. The molecule has 1 N–H and O–H groups in total. The summed E-state index contributed by atoms with van der Waals surface area (Å²) in [6.07, 6.45) is -4.80. The van der Waals surface area contributed by atoms with Gasteiger partial charge in [-0.05, 0) is 17.7 Å². The van der Waals surface area contributed by atoms with Crippen LogP contribution in [0.3, 0.4) is 0 Å². The number of aromatic nitrogens is 1. The first-order valence-corrected chi connectivity index (χ1v) is 8.90. The number of amides is 1. The average molecular weight is 393 g/mol. The fraction of sp³-hybridized carbons (Fsp3) is 0.222. The summed E-state index contributed by atoms with van der Waals surface area (Å²) in [5.74, 6) is -0.529. The Labute approximate surface area is 155 Å². The summed E-state index contributed by atoms with van der Waals surface area (Å²) in [5, 5.41) is 8.10. The Morgan fingerprint density at radius 2 is 1.89 bits per heavy atom. The van der Waals surface area contributed by atoms with E-state index in [1.807, 2.05) is 30.3 Å². The highest BCUT2D eigenvalue weighted by atomic mass is 32.1. The van der Waals surface area contributed by atoms with Crippen molar-refractivity contribution in [3.63, 3.8) is 0 Å². The summed E-state index contributed by atoms with van der Waals surface area (Å²) in [6.45, 7) is 0.473. The van der Waals surface area contributed by atoms with E-state index in [0.29, 0.717) is 22.3 Å². The van der Waals surface area contributed by atoms with E-state index >= 15 is 0 Å². The van der Waals surface area contributed by atoms with Gasteiger partial charge in [-0.2, -0.15) is 0 Å². The Morgan fingerprint density at radius 3 is 2.59 bits per heavy atom. The number of nitrogens with zero attached hydrogens (tertiary/aromatic N) is 2. The van der Waals surface area contributed by atoms with Crippen molar-refractivity contribution < 1.29 is 22.7 Å². The van der Waals surface area contributed by atoms with Crippen molar-refractivity contribution in [2.45, 2.75) is 26.0 Å². The van der Waals surface area contributed by atoms with Crippen LogP contribution in [0.1, 0.15) is 11.1 Å². The zero-order valence-electron chi connectivity index (χ0n) is 13.9. The number of carbonyl (C=O) groups is 1. The van der Waals surface area contributed by atoms with E-state index in [1.165, 1.54) is 12.1 Å². The Balaban J connectivity index is 1.77. The molecule has 5 nitrogen and oxygen atoms in total. The van der Waals surface area contributed by atoms with E-state index in [0.717, 1.165) is 16.9 Å². The van der Waals surface area contributed by atoms with Gasteiger partial charge < -0.3 is 14.2 Å². The number of nitrogens with one attached hydrogen (secondary N) is 1. The summed E-state index contributed by atoms with van der Waals surface area (Å²) in [7, 11) is 0. The highest BCUT2D eigenvalue weighted by Gasteiger charge is 2.32. The van der Waals surface area contributed by atoms with Gasteiger partial charge in [0.15, 0.2) is 4.80 Å². The smallest absolute Gasteiger partial charge is 0.406 e. The molecule has 140 valence electrons. The van der Waals surface area contributed by atoms with Crippen molar-refractivity contribution in [3.8, 4) is 5.75 Å². The molecular weight excluding hydrogens is 379 g/mol. The van der Waals surface area contributed by atoms with Crippen molar-refractivity contribution in [3.05, 3.63) is 58.4 Å². The first kappa shape index (κ1) is 17.6. The molecule has 3 aromatic rings. The van der Waals surface area contributed by atoms with Crippen LogP contribution in [0.25, 0.3) is 10.2 Å². The van der Waals surface area contributed by atoms with Crippen molar-refractivity contribution in [1.82, 2.24) is 9.47 Å². The minimum atomic E-state index is -4.80. The first-order chi connectivity index (χ1) is 12.8. The predicted molar refractivity (Wildman–Crippen MR) is 93.0 cm³/mol. The minimum Gasteiger partial charge on any atom is -0.406 e. The second-order valence-corrected chi connectivity index (χ2v) is 7.24. The molecule has 2 heterocycles. The number of hydrogen-bond donors (Lipinski definition) is 1. The predicted octanol–water partition coefficient (Wildman–Crippen LogP) is 3.62. The van der Waals surface area contributed by atoms with Crippen LogP contribution in [-0.2, 0) is 24.4 Å². The number of ether oxygens (including phenoxy) is 1. The van der Waals surface area contributed by atoms with Crippen LogP contribution in [0, 0.1) is 5.41 Å². The molecule has 1 aliphatic rings. The van der Waals surface area contributed by atoms with Crippen LogP contribution in [0.4, 0.5) is 13.2 Å². The molecule has 1 aliphatic heterocycles. The third-order valence-electron chi connectivity index (χ3n) is 4.31. The lowest BCUT2D eigenvalue weighted by Crippen LogP contribution is -2.32. The summed E-state index contributed by atoms with van der Waals surface area (Å²) >= 11 is 1.03. The molecule has 0 aliphatic carbocycles. The van der Waals surface area contributed by atoms with Gasteiger partial charge in [0.2, 0.25) is 5.91 Å². The molecule has 9 heteroatoms. The lowest BCUT2D eigenvalue weighted by Gasteiger charge is -2.21. The van der Waals surface area contributed by atoms with E-state index in [4.69, 9.17) is 5.41 Å².